The van der Waals surface area contributed by atoms with Crippen LogP contribution in [0.2, 0.25) is 10.6 Å². The molecule has 0 aromatic carbocycles. The normalized spacial score (nSPS) is 16.4. The molecule has 0 spiro atoms. The molecule has 2 rings (SSSR count). The average molecular weight is 276 g/mol. The van der Waals surface area contributed by atoms with Crippen molar-refractivity contribution in [3.63, 3.8) is 0 Å². The molecule has 17 heavy (non-hydrogen) atoms. The first kappa shape index (κ1) is 12.8. The first-order valence-corrected chi connectivity index (χ1v) is 6.41. The number of nitrogens with zero attached hydrogens (tertiary/aromatic N) is 5. The van der Waals surface area contributed by atoms with Gasteiger partial charge in [0.1, 0.15) is 0 Å². The lowest BCUT2D eigenvalue weighted by Crippen LogP contribution is -2.32. The Kier molecular flexibility index (Phi) is 4.36. The smallest absolute Gasteiger partial charge is 0.230 e. The maximum absolute atomic E-state index is 5.74. The van der Waals surface area contributed by atoms with Gasteiger partial charge in [0.05, 0.1) is 0 Å². The van der Waals surface area contributed by atoms with E-state index < -0.39 is 0 Å². The van der Waals surface area contributed by atoms with Crippen LogP contribution in [0.4, 0.5) is 5.95 Å². The van der Waals surface area contributed by atoms with E-state index in [-0.39, 0.29) is 10.6 Å². The fourth-order valence-corrected chi connectivity index (χ4v) is 2.24. The van der Waals surface area contributed by atoms with Crippen LogP contribution >= 0.6 is 23.2 Å². The number of aromatic nitrogens is 3. The summed E-state index contributed by atoms with van der Waals surface area (Å²) >= 11 is 11.5. The lowest BCUT2D eigenvalue weighted by molar-refractivity contribution is 0.346. The minimum Gasteiger partial charge on any atom is -0.342 e. The van der Waals surface area contributed by atoms with Gasteiger partial charge in [-0.25, -0.2) is 0 Å². The quantitative estimate of drug-likeness (QED) is 0.837. The van der Waals surface area contributed by atoms with E-state index >= 15 is 0 Å². The maximum Gasteiger partial charge on any atom is 0.230 e. The molecule has 1 fully saturated rings. The molecule has 1 aliphatic heterocycles. The van der Waals surface area contributed by atoms with Gasteiger partial charge in [0, 0.05) is 20.1 Å². The fourth-order valence-electron chi connectivity index (χ4n) is 1.88. The molecular weight excluding hydrogens is 261 g/mol. The van der Waals surface area contributed by atoms with Crippen LogP contribution in [-0.2, 0) is 0 Å². The highest BCUT2D eigenvalue weighted by atomic mass is 35.5. The SMILES string of the molecule is CN(CCN1CCCC1)c1nc(Cl)nc(Cl)n1. The molecule has 0 atom stereocenters. The molecule has 0 unspecified atom stereocenters. The number of likely N-dealkylation sites (N-methyl/N-ethyl adjacent to an activating group) is 1. The van der Waals surface area contributed by atoms with Gasteiger partial charge in [0.2, 0.25) is 16.5 Å². The molecule has 0 radical (unpaired) electrons. The Hall–Kier alpha value is -0.650. The molecule has 0 aliphatic carbocycles. The van der Waals surface area contributed by atoms with E-state index in [1.807, 2.05) is 11.9 Å². The average Bonchev–Trinajstić information content (AvgIpc) is 2.77. The topological polar surface area (TPSA) is 45.2 Å². The third kappa shape index (κ3) is 3.66. The summed E-state index contributed by atoms with van der Waals surface area (Å²) in [6.45, 7) is 4.24. The van der Waals surface area contributed by atoms with Crippen LogP contribution in [0.5, 0.6) is 0 Å². The standard InChI is InChI=1S/C10H15Cl2N5/c1-16(6-7-17-4-2-3-5-17)10-14-8(11)13-9(12)15-10/h2-7H2,1H3. The van der Waals surface area contributed by atoms with E-state index in [4.69, 9.17) is 23.2 Å². The highest BCUT2D eigenvalue weighted by Crippen LogP contribution is 2.13. The first-order chi connectivity index (χ1) is 8.15. The Labute approximate surface area is 111 Å². The van der Waals surface area contributed by atoms with Crippen molar-refractivity contribution in [3.05, 3.63) is 10.6 Å². The molecule has 1 aromatic rings. The second-order valence-electron chi connectivity index (χ2n) is 4.14. The predicted molar refractivity (Wildman–Crippen MR) is 68.8 cm³/mol. The number of hydrogen-bond donors (Lipinski definition) is 0. The van der Waals surface area contributed by atoms with Gasteiger partial charge >= 0.3 is 0 Å². The van der Waals surface area contributed by atoms with Crippen LogP contribution in [0.3, 0.4) is 0 Å². The van der Waals surface area contributed by atoms with Crippen LogP contribution in [0, 0.1) is 0 Å². The van der Waals surface area contributed by atoms with Gasteiger partial charge in [-0.2, -0.15) is 15.0 Å². The Morgan fingerprint density at radius 1 is 1.12 bits per heavy atom. The Bertz CT molecular complexity index is 361. The molecule has 0 amide bonds. The molecule has 94 valence electrons. The number of anilines is 1. The molecule has 7 heteroatoms. The van der Waals surface area contributed by atoms with Crippen molar-refractivity contribution in [1.82, 2.24) is 19.9 Å². The lowest BCUT2D eigenvalue weighted by Gasteiger charge is -2.21. The summed E-state index contributed by atoms with van der Waals surface area (Å²) in [5.41, 5.74) is 0. The number of likely N-dealkylation sites (tertiary alicyclic amines) is 1. The van der Waals surface area contributed by atoms with E-state index in [0.29, 0.717) is 5.95 Å². The summed E-state index contributed by atoms with van der Waals surface area (Å²) in [7, 11) is 1.93. The van der Waals surface area contributed by atoms with Gasteiger partial charge in [-0.3, -0.25) is 0 Å². The highest BCUT2D eigenvalue weighted by Gasteiger charge is 2.13. The minimum atomic E-state index is 0.132. The van der Waals surface area contributed by atoms with Gasteiger partial charge in [-0.15, -0.1) is 0 Å². The second-order valence-corrected chi connectivity index (χ2v) is 4.82. The van der Waals surface area contributed by atoms with Crippen molar-refractivity contribution in [2.75, 3.05) is 38.1 Å². The van der Waals surface area contributed by atoms with Crippen molar-refractivity contribution in [2.45, 2.75) is 12.8 Å². The van der Waals surface area contributed by atoms with Gasteiger partial charge < -0.3 is 9.80 Å². The number of rotatable bonds is 4. The largest absolute Gasteiger partial charge is 0.342 e. The summed E-state index contributed by atoms with van der Waals surface area (Å²) in [4.78, 5) is 16.2. The summed E-state index contributed by atoms with van der Waals surface area (Å²) in [5, 5.41) is 0.265. The second kappa shape index (κ2) is 5.80. The van der Waals surface area contributed by atoms with Crippen LogP contribution in [-0.4, -0.2) is 53.1 Å². The molecule has 2 heterocycles. The molecule has 1 aliphatic rings. The molecule has 0 bridgehead atoms. The minimum absolute atomic E-state index is 0.132. The van der Waals surface area contributed by atoms with E-state index in [2.05, 4.69) is 19.9 Å². The maximum atomic E-state index is 5.74. The van der Waals surface area contributed by atoms with Crippen molar-refractivity contribution >= 4 is 29.2 Å². The van der Waals surface area contributed by atoms with Crippen LogP contribution < -0.4 is 4.90 Å². The van der Waals surface area contributed by atoms with Crippen molar-refractivity contribution in [1.29, 1.82) is 0 Å². The monoisotopic (exact) mass is 275 g/mol. The van der Waals surface area contributed by atoms with E-state index in [9.17, 15) is 0 Å². The fraction of sp³-hybridized carbons (Fsp3) is 0.700. The molecular formula is C10H15Cl2N5. The molecule has 1 saturated heterocycles. The zero-order valence-corrected chi connectivity index (χ0v) is 11.2. The zero-order chi connectivity index (χ0) is 12.3. The third-order valence-electron chi connectivity index (χ3n) is 2.86. The lowest BCUT2D eigenvalue weighted by atomic mass is 10.4. The molecule has 0 saturated carbocycles. The highest BCUT2D eigenvalue weighted by molar-refractivity contribution is 6.31. The van der Waals surface area contributed by atoms with Gasteiger partial charge in [0.25, 0.3) is 0 Å². The zero-order valence-electron chi connectivity index (χ0n) is 9.73. The number of hydrogen-bond acceptors (Lipinski definition) is 5. The van der Waals surface area contributed by atoms with Gasteiger partial charge in [0.15, 0.2) is 0 Å². The van der Waals surface area contributed by atoms with E-state index in [1.54, 1.807) is 0 Å². The summed E-state index contributed by atoms with van der Waals surface area (Å²) in [6, 6.07) is 0. The van der Waals surface area contributed by atoms with Crippen LogP contribution in [0.1, 0.15) is 12.8 Å². The van der Waals surface area contributed by atoms with E-state index in [1.165, 1.54) is 25.9 Å². The van der Waals surface area contributed by atoms with Crippen molar-refractivity contribution in [2.24, 2.45) is 0 Å². The predicted octanol–water partition coefficient (Wildman–Crippen LogP) is 1.71. The summed E-state index contributed by atoms with van der Waals surface area (Å²) < 4.78 is 0. The van der Waals surface area contributed by atoms with Gasteiger partial charge in [-0.05, 0) is 49.1 Å². The van der Waals surface area contributed by atoms with Crippen LogP contribution in [0.15, 0.2) is 0 Å². The Balaban J connectivity index is 1.91. The molecule has 1 aromatic heterocycles. The summed E-state index contributed by atoms with van der Waals surface area (Å²) in [6.07, 6.45) is 2.60. The number of halogens is 2. The Morgan fingerprint density at radius 2 is 1.71 bits per heavy atom. The van der Waals surface area contributed by atoms with Crippen molar-refractivity contribution in [3.8, 4) is 0 Å². The van der Waals surface area contributed by atoms with E-state index in [0.717, 1.165) is 13.1 Å². The first-order valence-electron chi connectivity index (χ1n) is 5.66. The third-order valence-corrected chi connectivity index (χ3v) is 3.20. The summed E-state index contributed by atoms with van der Waals surface area (Å²) in [5.74, 6) is 0.522. The molecule has 5 nitrogen and oxygen atoms in total. The molecule has 0 N–H and O–H groups in total. The Morgan fingerprint density at radius 3 is 2.29 bits per heavy atom. The van der Waals surface area contributed by atoms with Crippen LogP contribution in [0.25, 0.3) is 0 Å². The van der Waals surface area contributed by atoms with Gasteiger partial charge in [-0.1, -0.05) is 0 Å². The van der Waals surface area contributed by atoms with Crippen molar-refractivity contribution < 1.29 is 0 Å².